The number of nitrogens with one attached hydrogen (secondary N) is 3. The number of benzene rings is 2. The zero-order valence-electron chi connectivity index (χ0n) is 16.2. The molecule has 2 aromatic carbocycles. The number of carbonyl (C=O) groups excluding carboxylic acids is 3. The summed E-state index contributed by atoms with van der Waals surface area (Å²) in [5, 5.41) is 8.53. The Kier molecular flexibility index (Phi) is 5.07. The van der Waals surface area contributed by atoms with Crippen molar-refractivity contribution in [3.8, 4) is 0 Å². The number of amides is 3. The van der Waals surface area contributed by atoms with Crippen molar-refractivity contribution in [1.29, 1.82) is 0 Å². The lowest BCUT2D eigenvalue weighted by Gasteiger charge is -2.28. The molecule has 8 nitrogen and oxygen atoms in total. The summed E-state index contributed by atoms with van der Waals surface area (Å²) in [6.45, 7) is 2.49. The van der Waals surface area contributed by atoms with Gasteiger partial charge in [0, 0.05) is 37.9 Å². The van der Waals surface area contributed by atoms with E-state index in [2.05, 4.69) is 16.0 Å². The van der Waals surface area contributed by atoms with Crippen molar-refractivity contribution >= 4 is 34.8 Å². The van der Waals surface area contributed by atoms with Crippen LogP contribution in [0.1, 0.15) is 15.9 Å². The van der Waals surface area contributed by atoms with Gasteiger partial charge in [-0.05, 0) is 35.9 Å². The molecule has 2 heterocycles. The fraction of sp³-hybridized carbons (Fsp3) is 0.286. The van der Waals surface area contributed by atoms with Crippen LogP contribution in [0.25, 0.3) is 0 Å². The van der Waals surface area contributed by atoms with Crippen LogP contribution in [-0.4, -0.2) is 50.9 Å². The van der Waals surface area contributed by atoms with E-state index in [-0.39, 0.29) is 17.7 Å². The molecule has 0 radical (unpaired) electrons. The Morgan fingerprint density at radius 2 is 1.86 bits per heavy atom. The fourth-order valence-corrected chi connectivity index (χ4v) is 3.57. The van der Waals surface area contributed by atoms with E-state index in [1.54, 1.807) is 12.1 Å². The number of fused-ring (bicyclic) bond motifs is 1. The molecule has 150 valence electrons. The molecule has 0 saturated carbocycles. The van der Waals surface area contributed by atoms with Crippen molar-refractivity contribution in [2.75, 3.05) is 48.3 Å². The number of carbonyl (C=O) groups is 3. The molecular weight excluding hydrogens is 370 g/mol. The minimum absolute atomic E-state index is 0.0278. The van der Waals surface area contributed by atoms with Crippen LogP contribution in [0, 0.1) is 0 Å². The van der Waals surface area contributed by atoms with Crippen LogP contribution in [0.5, 0.6) is 0 Å². The van der Waals surface area contributed by atoms with E-state index in [0.717, 1.165) is 23.5 Å². The summed E-state index contributed by atoms with van der Waals surface area (Å²) < 4.78 is 0. The van der Waals surface area contributed by atoms with E-state index in [1.165, 1.54) is 0 Å². The van der Waals surface area contributed by atoms with Crippen molar-refractivity contribution in [3.05, 3.63) is 53.6 Å². The van der Waals surface area contributed by atoms with Gasteiger partial charge in [0.25, 0.3) is 5.91 Å². The number of piperazine rings is 1. The van der Waals surface area contributed by atoms with Crippen molar-refractivity contribution < 1.29 is 14.4 Å². The van der Waals surface area contributed by atoms with Gasteiger partial charge in [-0.25, -0.2) is 0 Å². The lowest BCUT2D eigenvalue weighted by atomic mass is 10.1. The highest BCUT2D eigenvalue weighted by atomic mass is 16.2. The molecule has 1 fully saturated rings. The van der Waals surface area contributed by atoms with E-state index in [0.29, 0.717) is 37.4 Å². The molecule has 0 bridgehead atoms. The zero-order chi connectivity index (χ0) is 20.4. The quantitative estimate of drug-likeness (QED) is 0.719. The van der Waals surface area contributed by atoms with Gasteiger partial charge < -0.3 is 25.8 Å². The van der Waals surface area contributed by atoms with Gasteiger partial charge in [0.05, 0.1) is 24.5 Å². The SMILES string of the molecule is CN1CC(=O)Nc2cc(C(=O)NCc3ccc(N4CCNC(=O)C4)cc3)ccc21. The third kappa shape index (κ3) is 4.16. The van der Waals surface area contributed by atoms with Crippen LogP contribution in [0.4, 0.5) is 17.1 Å². The second-order valence-electron chi connectivity index (χ2n) is 7.26. The number of hydrogen-bond acceptors (Lipinski definition) is 5. The molecule has 4 rings (SSSR count). The molecule has 3 N–H and O–H groups in total. The summed E-state index contributed by atoms with van der Waals surface area (Å²) in [5.74, 6) is -0.268. The summed E-state index contributed by atoms with van der Waals surface area (Å²) in [5.41, 5.74) is 3.99. The van der Waals surface area contributed by atoms with Gasteiger partial charge in [-0.2, -0.15) is 0 Å². The Morgan fingerprint density at radius 1 is 1.07 bits per heavy atom. The minimum atomic E-state index is -0.202. The topological polar surface area (TPSA) is 93.8 Å². The Hall–Kier alpha value is -3.55. The maximum absolute atomic E-state index is 12.5. The highest BCUT2D eigenvalue weighted by Crippen LogP contribution is 2.29. The van der Waals surface area contributed by atoms with E-state index < -0.39 is 0 Å². The molecule has 0 atom stereocenters. The number of likely N-dealkylation sites (N-methyl/N-ethyl adjacent to an activating group) is 1. The van der Waals surface area contributed by atoms with Crippen LogP contribution in [0.15, 0.2) is 42.5 Å². The molecule has 0 unspecified atom stereocenters. The molecule has 8 heteroatoms. The molecule has 0 aliphatic carbocycles. The summed E-state index contributed by atoms with van der Waals surface area (Å²) >= 11 is 0. The maximum atomic E-state index is 12.5. The normalized spacial score (nSPS) is 16.0. The summed E-state index contributed by atoms with van der Waals surface area (Å²) in [6, 6.07) is 13.1. The first kappa shape index (κ1) is 18.8. The molecule has 1 saturated heterocycles. The summed E-state index contributed by atoms with van der Waals surface area (Å²) in [4.78, 5) is 39.6. The van der Waals surface area contributed by atoms with Crippen molar-refractivity contribution in [3.63, 3.8) is 0 Å². The molecule has 0 aromatic heterocycles. The molecule has 0 spiro atoms. The largest absolute Gasteiger partial charge is 0.364 e. The first-order valence-electron chi connectivity index (χ1n) is 9.53. The molecule has 2 aliphatic heterocycles. The van der Waals surface area contributed by atoms with Crippen LogP contribution < -0.4 is 25.8 Å². The molecule has 29 heavy (non-hydrogen) atoms. The first-order valence-corrected chi connectivity index (χ1v) is 9.53. The van der Waals surface area contributed by atoms with Crippen molar-refractivity contribution in [2.45, 2.75) is 6.54 Å². The number of nitrogens with zero attached hydrogens (tertiary/aromatic N) is 2. The van der Waals surface area contributed by atoms with Gasteiger partial charge in [0.1, 0.15) is 0 Å². The highest BCUT2D eigenvalue weighted by Gasteiger charge is 2.20. The van der Waals surface area contributed by atoms with E-state index >= 15 is 0 Å². The molecule has 2 aliphatic rings. The molecular formula is C21H23N5O3. The fourth-order valence-electron chi connectivity index (χ4n) is 3.57. The lowest BCUT2D eigenvalue weighted by molar-refractivity contribution is -0.120. The van der Waals surface area contributed by atoms with Gasteiger partial charge >= 0.3 is 0 Å². The standard InChI is InChI=1S/C21H23N5O3/c1-25-12-20(28)24-17-10-15(4-7-18(17)25)21(29)23-11-14-2-5-16(6-3-14)26-9-8-22-19(27)13-26/h2-7,10H,8-9,11-13H2,1H3,(H,22,27)(H,23,29)(H,24,28). The second-order valence-corrected chi connectivity index (χ2v) is 7.26. The number of rotatable bonds is 4. The van der Waals surface area contributed by atoms with Gasteiger partial charge in [-0.1, -0.05) is 12.1 Å². The highest BCUT2D eigenvalue weighted by molar-refractivity contribution is 6.03. The molecule has 3 amide bonds. The van der Waals surface area contributed by atoms with Gasteiger partial charge in [-0.3, -0.25) is 14.4 Å². The van der Waals surface area contributed by atoms with Gasteiger partial charge in [-0.15, -0.1) is 0 Å². The Bertz CT molecular complexity index is 957. The summed E-state index contributed by atoms with van der Waals surface area (Å²) in [7, 11) is 1.84. The van der Waals surface area contributed by atoms with E-state index in [4.69, 9.17) is 0 Å². The van der Waals surface area contributed by atoms with Crippen LogP contribution in [0.2, 0.25) is 0 Å². The average molecular weight is 393 g/mol. The second kappa shape index (κ2) is 7.83. The van der Waals surface area contributed by atoms with Crippen LogP contribution in [-0.2, 0) is 16.1 Å². The van der Waals surface area contributed by atoms with Gasteiger partial charge in [0.2, 0.25) is 11.8 Å². The Balaban J connectivity index is 1.38. The van der Waals surface area contributed by atoms with Gasteiger partial charge in [0.15, 0.2) is 0 Å². The predicted octanol–water partition coefficient (Wildman–Crippen LogP) is 0.941. The summed E-state index contributed by atoms with van der Waals surface area (Å²) in [6.07, 6.45) is 0. The van der Waals surface area contributed by atoms with Crippen LogP contribution >= 0.6 is 0 Å². The third-order valence-corrected chi connectivity index (χ3v) is 5.12. The average Bonchev–Trinajstić information content (AvgIpc) is 2.72. The lowest BCUT2D eigenvalue weighted by Crippen LogP contribution is -2.47. The van der Waals surface area contributed by atoms with Crippen molar-refractivity contribution in [1.82, 2.24) is 10.6 Å². The van der Waals surface area contributed by atoms with Crippen molar-refractivity contribution in [2.24, 2.45) is 0 Å². The smallest absolute Gasteiger partial charge is 0.251 e. The van der Waals surface area contributed by atoms with E-state index in [9.17, 15) is 14.4 Å². The molecule has 2 aromatic rings. The monoisotopic (exact) mass is 393 g/mol. The minimum Gasteiger partial charge on any atom is -0.364 e. The van der Waals surface area contributed by atoms with Crippen LogP contribution in [0.3, 0.4) is 0 Å². The third-order valence-electron chi connectivity index (χ3n) is 5.12. The Morgan fingerprint density at radius 3 is 2.62 bits per heavy atom. The Labute approximate surface area is 168 Å². The number of hydrogen-bond donors (Lipinski definition) is 3. The number of anilines is 3. The predicted molar refractivity (Wildman–Crippen MR) is 111 cm³/mol. The first-order chi connectivity index (χ1) is 14.0. The maximum Gasteiger partial charge on any atom is 0.251 e. The van der Waals surface area contributed by atoms with E-state index in [1.807, 2.05) is 47.2 Å². The zero-order valence-corrected chi connectivity index (χ0v) is 16.2.